The molecule has 0 radical (unpaired) electrons. The SMILES string of the molecule is N/C(=N/O)c1ccc(CSc2ccc(Cl)cc2)c(Cl)c1. The Balaban J connectivity index is 2.08. The van der Waals surface area contributed by atoms with Crippen LogP contribution in [0, 0.1) is 0 Å². The van der Waals surface area contributed by atoms with E-state index >= 15 is 0 Å². The van der Waals surface area contributed by atoms with Crippen LogP contribution in [0.15, 0.2) is 52.5 Å². The predicted molar refractivity (Wildman–Crippen MR) is 85.0 cm³/mol. The molecule has 0 aliphatic rings. The monoisotopic (exact) mass is 326 g/mol. The second-order valence-electron chi connectivity index (χ2n) is 4.03. The van der Waals surface area contributed by atoms with Gasteiger partial charge in [-0.05, 0) is 35.9 Å². The third kappa shape index (κ3) is 3.82. The molecule has 3 nitrogen and oxygen atoms in total. The fourth-order valence-electron chi connectivity index (χ4n) is 1.57. The molecule has 2 aromatic carbocycles. The third-order valence-corrected chi connectivity index (χ3v) is 4.33. The Bertz CT molecular complexity index is 630. The number of thioether (sulfide) groups is 1. The van der Waals surface area contributed by atoms with Crippen LogP contribution in [0.1, 0.15) is 11.1 Å². The zero-order chi connectivity index (χ0) is 14.5. The maximum absolute atomic E-state index is 8.63. The number of benzene rings is 2. The van der Waals surface area contributed by atoms with E-state index in [1.54, 1.807) is 23.9 Å². The first-order chi connectivity index (χ1) is 9.60. The van der Waals surface area contributed by atoms with Crippen LogP contribution in [0.4, 0.5) is 0 Å². The first kappa shape index (κ1) is 15.0. The maximum atomic E-state index is 8.63. The molecule has 6 heteroatoms. The van der Waals surface area contributed by atoms with Crippen molar-refractivity contribution in [2.24, 2.45) is 10.9 Å². The Kier molecular flexibility index (Phi) is 5.17. The van der Waals surface area contributed by atoms with E-state index in [1.165, 1.54) is 0 Å². The third-order valence-electron chi connectivity index (χ3n) is 2.66. The van der Waals surface area contributed by atoms with Gasteiger partial charge in [-0.3, -0.25) is 0 Å². The van der Waals surface area contributed by atoms with E-state index in [9.17, 15) is 0 Å². The van der Waals surface area contributed by atoms with Crippen LogP contribution in [0.2, 0.25) is 10.0 Å². The van der Waals surface area contributed by atoms with E-state index in [0.717, 1.165) is 21.2 Å². The Morgan fingerprint density at radius 3 is 2.45 bits per heavy atom. The molecule has 104 valence electrons. The predicted octanol–water partition coefficient (Wildman–Crippen LogP) is 4.38. The topological polar surface area (TPSA) is 58.6 Å². The lowest BCUT2D eigenvalue weighted by Gasteiger charge is -2.07. The second-order valence-corrected chi connectivity index (χ2v) is 5.93. The number of hydrogen-bond donors (Lipinski definition) is 2. The van der Waals surface area contributed by atoms with Crippen LogP contribution in [0.25, 0.3) is 0 Å². The highest BCUT2D eigenvalue weighted by molar-refractivity contribution is 7.98. The number of oxime groups is 1. The molecule has 3 N–H and O–H groups in total. The molecule has 2 aromatic rings. The van der Waals surface area contributed by atoms with Crippen molar-refractivity contribution in [1.82, 2.24) is 0 Å². The zero-order valence-corrected chi connectivity index (χ0v) is 12.7. The van der Waals surface area contributed by atoms with Crippen LogP contribution >= 0.6 is 35.0 Å². The van der Waals surface area contributed by atoms with E-state index in [2.05, 4.69) is 5.16 Å². The lowest BCUT2D eigenvalue weighted by atomic mass is 10.1. The van der Waals surface area contributed by atoms with Crippen molar-refractivity contribution in [1.29, 1.82) is 0 Å². The summed E-state index contributed by atoms with van der Waals surface area (Å²) >= 11 is 13.7. The summed E-state index contributed by atoms with van der Waals surface area (Å²) in [6, 6.07) is 13.0. The average Bonchev–Trinajstić information content (AvgIpc) is 2.46. The standard InChI is InChI=1S/C14H12Cl2N2OS/c15-11-3-5-12(6-4-11)20-8-10-2-1-9(7-13(10)16)14(17)18-19/h1-7,19H,8H2,(H2,17,18). The van der Waals surface area contributed by atoms with E-state index < -0.39 is 0 Å². The van der Waals surface area contributed by atoms with Crippen molar-refractivity contribution < 1.29 is 5.21 Å². The first-order valence-corrected chi connectivity index (χ1v) is 7.49. The first-order valence-electron chi connectivity index (χ1n) is 5.75. The largest absolute Gasteiger partial charge is 0.409 e. The van der Waals surface area contributed by atoms with Gasteiger partial charge >= 0.3 is 0 Å². The smallest absolute Gasteiger partial charge is 0.170 e. The van der Waals surface area contributed by atoms with E-state index in [-0.39, 0.29) is 5.84 Å². The van der Waals surface area contributed by atoms with E-state index in [0.29, 0.717) is 10.6 Å². The molecule has 0 unspecified atom stereocenters. The molecule has 0 heterocycles. The number of nitrogens with zero attached hydrogens (tertiary/aromatic N) is 1. The molecule has 0 bridgehead atoms. The highest BCUT2D eigenvalue weighted by Crippen LogP contribution is 2.28. The van der Waals surface area contributed by atoms with Gasteiger partial charge in [-0.1, -0.05) is 40.5 Å². The summed E-state index contributed by atoms with van der Waals surface area (Å²) in [5, 5.41) is 12.9. The van der Waals surface area contributed by atoms with E-state index in [4.69, 9.17) is 34.1 Å². The van der Waals surface area contributed by atoms with Crippen molar-refractivity contribution in [2.45, 2.75) is 10.6 Å². The summed E-state index contributed by atoms with van der Waals surface area (Å²) in [5.74, 6) is 0.778. The highest BCUT2D eigenvalue weighted by Gasteiger charge is 2.06. The second kappa shape index (κ2) is 6.88. The fraction of sp³-hybridized carbons (Fsp3) is 0.0714. The minimum Gasteiger partial charge on any atom is -0.409 e. The van der Waals surface area contributed by atoms with Crippen LogP contribution < -0.4 is 5.73 Å². The lowest BCUT2D eigenvalue weighted by molar-refractivity contribution is 0.318. The minimum atomic E-state index is 0.0452. The van der Waals surface area contributed by atoms with Gasteiger partial charge in [-0.25, -0.2) is 0 Å². The summed E-state index contributed by atoms with van der Waals surface area (Å²) < 4.78 is 0. The summed E-state index contributed by atoms with van der Waals surface area (Å²) in [4.78, 5) is 1.12. The van der Waals surface area contributed by atoms with Crippen LogP contribution in [0.3, 0.4) is 0 Å². The van der Waals surface area contributed by atoms with Gasteiger partial charge in [0.1, 0.15) is 0 Å². The number of amidine groups is 1. The Labute approximate surface area is 131 Å². The molecule has 0 saturated carbocycles. The summed E-state index contributed by atoms with van der Waals surface area (Å²) in [5.41, 5.74) is 7.10. The van der Waals surface area contributed by atoms with Gasteiger partial charge in [0.2, 0.25) is 0 Å². The number of hydrogen-bond acceptors (Lipinski definition) is 3. The quantitative estimate of drug-likeness (QED) is 0.288. The zero-order valence-electron chi connectivity index (χ0n) is 10.4. The van der Waals surface area contributed by atoms with Gasteiger partial charge in [0.05, 0.1) is 0 Å². The van der Waals surface area contributed by atoms with Crippen molar-refractivity contribution in [3.63, 3.8) is 0 Å². The fourth-order valence-corrected chi connectivity index (χ4v) is 2.93. The van der Waals surface area contributed by atoms with Gasteiger partial charge in [-0.15, -0.1) is 11.8 Å². The molecular formula is C14H12Cl2N2OS. The molecule has 0 amide bonds. The van der Waals surface area contributed by atoms with Gasteiger partial charge in [-0.2, -0.15) is 0 Å². The van der Waals surface area contributed by atoms with Crippen molar-refractivity contribution in [3.8, 4) is 0 Å². The van der Waals surface area contributed by atoms with Gasteiger partial charge in [0.15, 0.2) is 5.84 Å². The number of nitrogens with two attached hydrogens (primary N) is 1. The molecule has 0 atom stereocenters. The maximum Gasteiger partial charge on any atom is 0.170 e. The van der Waals surface area contributed by atoms with Crippen molar-refractivity contribution in [2.75, 3.05) is 0 Å². The van der Waals surface area contributed by atoms with Gasteiger partial charge in [0, 0.05) is 26.3 Å². The lowest BCUT2D eigenvalue weighted by Crippen LogP contribution is -2.12. The highest BCUT2D eigenvalue weighted by atomic mass is 35.5. The van der Waals surface area contributed by atoms with Crippen LogP contribution in [0.5, 0.6) is 0 Å². The Morgan fingerprint density at radius 1 is 1.15 bits per heavy atom. The molecule has 2 rings (SSSR count). The Morgan fingerprint density at radius 2 is 1.85 bits per heavy atom. The molecule has 20 heavy (non-hydrogen) atoms. The molecule has 0 spiro atoms. The minimum absolute atomic E-state index is 0.0452. The molecule has 0 fully saturated rings. The number of halogens is 2. The molecule has 0 aliphatic heterocycles. The van der Waals surface area contributed by atoms with Gasteiger partial charge < -0.3 is 10.9 Å². The molecule has 0 saturated heterocycles. The van der Waals surface area contributed by atoms with Crippen molar-refractivity contribution >= 4 is 40.8 Å². The molecular weight excluding hydrogens is 315 g/mol. The number of rotatable bonds is 4. The Hall–Kier alpha value is -1.36. The molecule has 0 aliphatic carbocycles. The van der Waals surface area contributed by atoms with Crippen molar-refractivity contribution in [3.05, 3.63) is 63.6 Å². The van der Waals surface area contributed by atoms with Gasteiger partial charge in [0.25, 0.3) is 0 Å². The summed E-state index contributed by atoms with van der Waals surface area (Å²) in [6.45, 7) is 0. The normalized spacial score (nSPS) is 11.6. The van der Waals surface area contributed by atoms with E-state index in [1.807, 2.05) is 30.3 Å². The average molecular weight is 327 g/mol. The molecule has 0 aromatic heterocycles. The summed E-state index contributed by atoms with van der Waals surface area (Å²) in [7, 11) is 0. The van der Waals surface area contributed by atoms with Crippen LogP contribution in [-0.4, -0.2) is 11.0 Å². The van der Waals surface area contributed by atoms with Crippen LogP contribution in [-0.2, 0) is 5.75 Å². The summed E-state index contributed by atoms with van der Waals surface area (Å²) in [6.07, 6.45) is 0.